The summed E-state index contributed by atoms with van der Waals surface area (Å²) in [5, 5.41) is 2.91. The molecule has 1 aliphatic heterocycles. The first-order valence-corrected chi connectivity index (χ1v) is 12.0. The lowest BCUT2D eigenvalue weighted by Gasteiger charge is -2.29. The van der Waals surface area contributed by atoms with E-state index in [1.54, 1.807) is 0 Å². The molecule has 31 heavy (non-hydrogen) atoms. The summed E-state index contributed by atoms with van der Waals surface area (Å²) in [6.07, 6.45) is 0. The van der Waals surface area contributed by atoms with Crippen molar-refractivity contribution in [1.82, 2.24) is 9.62 Å². The van der Waals surface area contributed by atoms with E-state index >= 15 is 0 Å². The zero-order valence-corrected chi connectivity index (χ0v) is 19.9. The number of ether oxygens (including phenoxy) is 1. The molecule has 1 heterocycles. The number of sulfonamides is 1. The zero-order chi connectivity index (χ0) is 22.8. The summed E-state index contributed by atoms with van der Waals surface area (Å²) in [5.74, 6) is -0.485. The number of rotatable bonds is 6. The van der Waals surface area contributed by atoms with E-state index in [-0.39, 0.29) is 26.5 Å². The van der Waals surface area contributed by atoms with Crippen LogP contribution in [0, 0.1) is 0 Å². The number of amides is 1. The smallest absolute Gasteiger partial charge is 0.253 e. The van der Waals surface area contributed by atoms with Gasteiger partial charge in [0.1, 0.15) is 4.90 Å². The largest absolute Gasteiger partial charge is 0.378 e. The number of benzene rings is 2. The highest BCUT2D eigenvalue weighted by molar-refractivity contribution is 7.89. The van der Waals surface area contributed by atoms with Crippen molar-refractivity contribution in [3.8, 4) is 0 Å². The number of carbonyl (C=O) groups is 1. The van der Waals surface area contributed by atoms with Crippen LogP contribution in [0.3, 0.4) is 0 Å². The van der Waals surface area contributed by atoms with E-state index in [0.717, 1.165) is 28.6 Å². The quantitative estimate of drug-likeness (QED) is 0.676. The lowest BCUT2D eigenvalue weighted by Crippen LogP contribution is -2.36. The number of nitrogens with one attached hydrogen (secondary N) is 1. The Morgan fingerprint density at radius 3 is 2.29 bits per heavy atom. The topological polar surface area (TPSA) is 79.0 Å². The third-order valence-corrected chi connectivity index (χ3v) is 7.73. The summed E-state index contributed by atoms with van der Waals surface area (Å²) in [6.45, 7) is 4.96. The van der Waals surface area contributed by atoms with Crippen LogP contribution in [0.5, 0.6) is 0 Å². The maximum atomic E-state index is 12.9. The van der Waals surface area contributed by atoms with Crippen LogP contribution in [0.4, 0.5) is 5.69 Å². The van der Waals surface area contributed by atoms with Gasteiger partial charge in [-0.15, -0.1) is 0 Å². The molecule has 7 nitrogen and oxygen atoms in total. The normalized spacial score (nSPS) is 15.7. The summed E-state index contributed by atoms with van der Waals surface area (Å²) in [6, 6.07) is 10.1. The van der Waals surface area contributed by atoms with E-state index in [1.165, 1.54) is 26.2 Å². The molecule has 3 rings (SSSR count). The molecule has 0 radical (unpaired) electrons. The van der Waals surface area contributed by atoms with Gasteiger partial charge in [0.25, 0.3) is 5.91 Å². The van der Waals surface area contributed by atoms with Crippen LogP contribution in [0.2, 0.25) is 10.0 Å². The molecule has 2 aromatic rings. The average Bonchev–Trinajstić information content (AvgIpc) is 2.74. The molecule has 0 saturated carbocycles. The molecule has 0 unspecified atom stereocenters. The molecule has 1 saturated heterocycles. The van der Waals surface area contributed by atoms with Gasteiger partial charge in [-0.25, -0.2) is 12.7 Å². The summed E-state index contributed by atoms with van der Waals surface area (Å²) in [5.41, 5.74) is 2.06. The van der Waals surface area contributed by atoms with Gasteiger partial charge in [0.15, 0.2) is 0 Å². The number of hydrogen-bond acceptors (Lipinski definition) is 5. The lowest BCUT2D eigenvalue weighted by atomic mass is 10.1. The highest BCUT2D eigenvalue weighted by Crippen LogP contribution is 2.30. The van der Waals surface area contributed by atoms with Crippen molar-refractivity contribution >= 4 is 44.8 Å². The minimum Gasteiger partial charge on any atom is -0.378 e. The Morgan fingerprint density at radius 2 is 1.71 bits per heavy atom. The Labute approximate surface area is 192 Å². The second-order valence-corrected chi connectivity index (χ2v) is 10.4. The van der Waals surface area contributed by atoms with Gasteiger partial charge in [-0.05, 0) is 36.8 Å². The number of anilines is 1. The van der Waals surface area contributed by atoms with Gasteiger partial charge >= 0.3 is 0 Å². The number of nitrogens with zero attached hydrogens (tertiary/aromatic N) is 2. The van der Waals surface area contributed by atoms with E-state index in [4.69, 9.17) is 27.9 Å². The van der Waals surface area contributed by atoms with Crippen molar-refractivity contribution < 1.29 is 17.9 Å². The summed E-state index contributed by atoms with van der Waals surface area (Å²) < 4.78 is 31.4. The van der Waals surface area contributed by atoms with Crippen molar-refractivity contribution in [3.63, 3.8) is 0 Å². The van der Waals surface area contributed by atoms with Gasteiger partial charge in [0.05, 0.1) is 34.9 Å². The van der Waals surface area contributed by atoms with Gasteiger partial charge < -0.3 is 15.0 Å². The van der Waals surface area contributed by atoms with E-state index < -0.39 is 15.9 Å². The maximum absolute atomic E-state index is 12.9. The van der Waals surface area contributed by atoms with Crippen molar-refractivity contribution in [1.29, 1.82) is 0 Å². The zero-order valence-electron chi connectivity index (χ0n) is 17.6. The van der Waals surface area contributed by atoms with Crippen LogP contribution in [-0.2, 0) is 14.8 Å². The maximum Gasteiger partial charge on any atom is 0.253 e. The molecule has 1 N–H and O–H groups in total. The lowest BCUT2D eigenvalue weighted by molar-refractivity contribution is 0.0940. The van der Waals surface area contributed by atoms with Crippen LogP contribution in [0.15, 0.2) is 41.3 Å². The minimum absolute atomic E-state index is 0.0398. The summed E-state index contributed by atoms with van der Waals surface area (Å²) in [4.78, 5) is 14.9. The third-order valence-electron chi connectivity index (χ3n) is 5.14. The molecule has 1 atom stereocenters. The highest BCUT2D eigenvalue weighted by Gasteiger charge is 2.25. The second kappa shape index (κ2) is 9.75. The summed E-state index contributed by atoms with van der Waals surface area (Å²) in [7, 11) is -1.04. The number of morpholine rings is 1. The minimum atomic E-state index is -3.83. The fourth-order valence-electron chi connectivity index (χ4n) is 3.25. The first-order chi connectivity index (χ1) is 14.6. The van der Waals surface area contributed by atoms with E-state index in [1.807, 2.05) is 31.2 Å². The van der Waals surface area contributed by atoms with Crippen LogP contribution in [0.1, 0.15) is 28.9 Å². The Kier molecular flexibility index (Phi) is 7.49. The van der Waals surface area contributed by atoms with E-state index in [2.05, 4.69) is 10.2 Å². The molecular weight excluding hydrogens is 461 g/mol. The van der Waals surface area contributed by atoms with Crippen molar-refractivity contribution in [2.45, 2.75) is 17.9 Å². The monoisotopic (exact) mass is 485 g/mol. The predicted molar refractivity (Wildman–Crippen MR) is 123 cm³/mol. The Hall–Kier alpha value is -1.84. The third kappa shape index (κ3) is 5.32. The van der Waals surface area contributed by atoms with Gasteiger partial charge in [0.2, 0.25) is 10.0 Å². The first kappa shape index (κ1) is 23.8. The number of carbonyl (C=O) groups excluding carboxylic acids is 1. The Bertz CT molecular complexity index is 1050. The molecule has 1 aliphatic rings. The average molecular weight is 486 g/mol. The molecule has 1 fully saturated rings. The van der Waals surface area contributed by atoms with Crippen LogP contribution in [-0.4, -0.2) is 59.0 Å². The van der Waals surface area contributed by atoms with Gasteiger partial charge in [0, 0.05) is 32.9 Å². The molecule has 0 spiro atoms. The number of halogens is 2. The van der Waals surface area contributed by atoms with Crippen LogP contribution < -0.4 is 10.2 Å². The van der Waals surface area contributed by atoms with Crippen molar-refractivity contribution in [2.24, 2.45) is 0 Å². The molecule has 168 valence electrons. The number of hydrogen-bond donors (Lipinski definition) is 1. The van der Waals surface area contributed by atoms with Crippen LogP contribution in [0.25, 0.3) is 0 Å². The van der Waals surface area contributed by atoms with Gasteiger partial charge in [-0.1, -0.05) is 35.3 Å². The molecule has 1 amide bonds. The fourth-order valence-corrected chi connectivity index (χ4v) is 4.98. The van der Waals surface area contributed by atoms with E-state index in [9.17, 15) is 13.2 Å². The first-order valence-electron chi connectivity index (χ1n) is 9.76. The van der Waals surface area contributed by atoms with Crippen molar-refractivity contribution in [3.05, 3.63) is 57.6 Å². The fraction of sp³-hybridized carbons (Fsp3) is 0.381. The Balaban J connectivity index is 1.78. The predicted octanol–water partition coefficient (Wildman–Crippen LogP) is 3.57. The summed E-state index contributed by atoms with van der Waals surface area (Å²) >= 11 is 12.3. The molecule has 0 bridgehead atoms. The van der Waals surface area contributed by atoms with E-state index in [0.29, 0.717) is 13.2 Å². The van der Waals surface area contributed by atoms with Gasteiger partial charge in [-0.3, -0.25) is 4.79 Å². The Morgan fingerprint density at radius 1 is 1.10 bits per heavy atom. The van der Waals surface area contributed by atoms with Crippen molar-refractivity contribution in [2.75, 3.05) is 45.3 Å². The standard InChI is InChI=1S/C21H25Cl2N3O4S/c1-14(15-4-6-16(7-5-15)26-8-10-30-11-9-26)24-21(27)17-12-20(19(23)13-18(17)22)31(28,29)25(2)3/h4-7,12-14H,8-11H2,1-3H3,(H,24,27)/t14-/m0/s1. The molecular formula is C21H25Cl2N3O4S. The SMILES string of the molecule is C[C@H](NC(=O)c1cc(S(=O)(=O)N(C)C)c(Cl)cc1Cl)c1ccc(N2CCOCC2)cc1. The molecule has 0 aliphatic carbocycles. The second-order valence-electron chi connectivity index (χ2n) is 7.44. The molecule has 2 aromatic carbocycles. The highest BCUT2D eigenvalue weighted by atomic mass is 35.5. The van der Waals surface area contributed by atoms with Crippen LogP contribution >= 0.6 is 23.2 Å². The molecule has 0 aromatic heterocycles. The van der Waals surface area contributed by atoms with Gasteiger partial charge in [-0.2, -0.15) is 0 Å². The molecule has 10 heteroatoms.